The number of carboxylic acids is 1. The van der Waals surface area contributed by atoms with Crippen LogP contribution in [0.3, 0.4) is 0 Å². The Morgan fingerprint density at radius 3 is 2.84 bits per heavy atom. The Labute approximate surface area is 183 Å². The zero-order valence-corrected chi connectivity index (χ0v) is 17.6. The van der Waals surface area contributed by atoms with Crippen molar-refractivity contribution in [3.8, 4) is 11.8 Å². The van der Waals surface area contributed by atoms with Crippen LogP contribution in [-0.2, 0) is 23.8 Å². The van der Waals surface area contributed by atoms with E-state index in [1.54, 1.807) is 0 Å². The lowest BCUT2D eigenvalue weighted by Gasteiger charge is -2.18. The standard InChI is InChI=1S/C19H24N6O7/c1-24(2)11-4-3-5-12(6-11)32-19-21-22-23-25(19)14-8-31-17-13(7-30-18(14)17)20-15(26)9-29-10-16(27)28/h3-6,13-14,17-18H,7-10H2,1-2H3,(H,20,26)(H,27,28). The number of hydrogen-bond donors (Lipinski definition) is 2. The molecule has 0 bridgehead atoms. The van der Waals surface area contributed by atoms with Crippen molar-refractivity contribution >= 4 is 17.6 Å². The van der Waals surface area contributed by atoms with Crippen molar-refractivity contribution in [2.45, 2.75) is 24.3 Å². The van der Waals surface area contributed by atoms with Gasteiger partial charge in [-0.3, -0.25) is 4.79 Å². The number of aromatic nitrogens is 4. The van der Waals surface area contributed by atoms with Gasteiger partial charge < -0.3 is 34.3 Å². The van der Waals surface area contributed by atoms with Crippen LogP contribution in [-0.4, -0.2) is 96.0 Å². The Morgan fingerprint density at radius 1 is 1.25 bits per heavy atom. The maximum absolute atomic E-state index is 12.0. The molecule has 3 heterocycles. The first-order valence-corrected chi connectivity index (χ1v) is 9.97. The van der Waals surface area contributed by atoms with Gasteiger partial charge in [0.1, 0.15) is 37.2 Å². The van der Waals surface area contributed by atoms with Crippen molar-refractivity contribution < 1.29 is 33.6 Å². The fraction of sp³-hybridized carbons (Fsp3) is 0.526. The number of carboxylic acid groups (broad SMARTS) is 1. The van der Waals surface area contributed by atoms with Gasteiger partial charge in [0.15, 0.2) is 0 Å². The number of aliphatic carboxylic acids is 1. The molecule has 13 heteroatoms. The van der Waals surface area contributed by atoms with Crippen molar-refractivity contribution in [1.82, 2.24) is 25.5 Å². The predicted octanol–water partition coefficient (Wildman–Crippen LogP) is -0.544. The predicted molar refractivity (Wildman–Crippen MR) is 108 cm³/mol. The zero-order chi connectivity index (χ0) is 22.7. The first-order valence-electron chi connectivity index (χ1n) is 9.97. The first-order chi connectivity index (χ1) is 15.4. The minimum Gasteiger partial charge on any atom is -0.480 e. The summed E-state index contributed by atoms with van der Waals surface area (Å²) in [6.45, 7) is -0.393. The lowest BCUT2D eigenvalue weighted by Crippen LogP contribution is -2.45. The fourth-order valence-corrected chi connectivity index (χ4v) is 3.68. The molecule has 0 saturated carbocycles. The highest BCUT2D eigenvalue weighted by molar-refractivity contribution is 5.78. The van der Waals surface area contributed by atoms with E-state index in [-0.39, 0.29) is 38.0 Å². The SMILES string of the molecule is CN(C)c1cccc(Oc2nnnn2C2COC3C(NC(=O)COCC(=O)O)COC32)c1. The van der Waals surface area contributed by atoms with Crippen LogP contribution >= 0.6 is 0 Å². The molecule has 2 N–H and O–H groups in total. The van der Waals surface area contributed by atoms with E-state index in [4.69, 9.17) is 24.1 Å². The van der Waals surface area contributed by atoms with Gasteiger partial charge in [-0.2, -0.15) is 4.68 Å². The summed E-state index contributed by atoms with van der Waals surface area (Å²) in [6.07, 6.45) is -0.795. The largest absolute Gasteiger partial charge is 0.480 e. The van der Waals surface area contributed by atoms with Gasteiger partial charge in [-0.1, -0.05) is 11.2 Å². The van der Waals surface area contributed by atoms with E-state index in [1.165, 1.54) is 4.68 Å². The van der Waals surface area contributed by atoms with Crippen LogP contribution in [0.1, 0.15) is 6.04 Å². The van der Waals surface area contributed by atoms with Gasteiger partial charge in [-0.25, -0.2) is 4.79 Å². The number of benzene rings is 1. The molecule has 2 aliphatic heterocycles. The minimum atomic E-state index is -1.14. The molecule has 0 spiro atoms. The molecule has 4 unspecified atom stereocenters. The number of rotatable bonds is 9. The Kier molecular flexibility index (Phi) is 6.48. The number of carbonyl (C=O) groups is 2. The maximum Gasteiger partial charge on any atom is 0.341 e. The number of ether oxygens (including phenoxy) is 4. The molecule has 2 saturated heterocycles. The van der Waals surface area contributed by atoms with E-state index in [1.807, 2.05) is 43.3 Å². The highest BCUT2D eigenvalue weighted by Crippen LogP contribution is 2.36. The Morgan fingerprint density at radius 2 is 2.06 bits per heavy atom. The minimum absolute atomic E-state index is 0.202. The number of fused-ring (bicyclic) bond motifs is 1. The monoisotopic (exact) mass is 448 g/mol. The van der Waals surface area contributed by atoms with Gasteiger partial charge in [0.05, 0.1) is 19.3 Å². The number of nitrogens with zero attached hydrogens (tertiary/aromatic N) is 5. The highest BCUT2D eigenvalue weighted by Gasteiger charge is 2.50. The van der Waals surface area contributed by atoms with Crippen LogP contribution in [0, 0.1) is 0 Å². The molecule has 1 amide bonds. The number of anilines is 1. The molecule has 2 fully saturated rings. The summed E-state index contributed by atoms with van der Waals surface area (Å²) in [6, 6.07) is 6.98. The molecule has 0 aliphatic carbocycles. The van der Waals surface area contributed by atoms with E-state index >= 15 is 0 Å². The summed E-state index contributed by atoms with van der Waals surface area (Å²) in [5.74, 6) is -1.00. The fourth-order valence-electron chi connectivity index (χ4n) is 3.68. The average Bonchev–Trinajstić information content (AvgIpc) is 3.46. The van der Waals surface area contributed by atoms with Gasteiger partial charge in [-0.15, -0.1) is 0 Å². The number of hydrogen-bond acceptors (Lipinski definition) is 10. The smallest absolute Gasteiger partial charge is 0.341 e. The summed E-state index contributed by atoms with van der Waals surface area (Å²) >= 11 is 0. The second-order valence-electron chi connectivity index (χ2n) is 7.62. The van der Waals surface area contributed by atoms with Crippen molar-refractivity contribution in [2.75, 3.05) is 45.4 Å². The van der Waals surface area contributed by atoms with E-state index < -0.39 is 30.6 Å². The summed E-state index contributed by atoms with van der Waals surface area (Å²) < 4.78 is 24.0. The second-order valence-corrected chi connectivity index (χ2v) is 7.62. The summed E-state index contributed by atoms with van der Waals surface area (Å²) in [5.41, 5.74) is 0.968. The third-order valence-corrected chi connectivity index (χ3v) is 5.15. The third kappa shape index (κ3) is 4.79. The lowest BCUT2D eigenvalue weighted by molar-refractivity contribution is -0.143. The molecule has 4 atom stereocenters. The van der Waals surface area contributed by atoms with Gasteiger partial charge in [0.2, 0.25) is 5.91 Å². The van der Waals surface area contributed by atoms with Crippen molar-refractivity contribution in [2.24, 2.45) is 0 Å². The third-order valence-electron chi connectivity index (χ3n) is 5.15. The van der Waals surface area contributed by atoms with E-state index in [0.29, 0.717) is 5.75 Å². The Balaban J connectivity index is 1.39. The van der Waals surface area contributed by atoms with Gasteiger partial charge in [0, 0.05) is 25.8 Å². The molecule has 1 aromatic carbocycles. The maximum atomic E-state index is 12.0. The number of amides is 1. The second kappa shape index (κ2) is 9.46. The van der Waals surface area contributed by atoms with Crippen molar-refractivity contribution in [3.05, 3.63) is 24.3 Å². The van der Waals surface area contributed by atoms with Crippen LogP contribution < -0.4 is 15.0 Å². The van der Waals surface area contributed by atoms with Gasteiger partial charge >= 0.3 is 12.0 Å². The number of carbonyl (C=O) groups excluding carboxylic acids is 1. The highest BCUT2D eigenvalue weighted by atomic mass is 16.6. The summed E-state index contributed by atoms with van der Waals surface area (Å²) in [4.78, 5) is 24.5. The van der Waals surface area contributed by atoms with Crippen LogP contribution in [0.5, 0.6) is 11.8 Å². The van der Waals surface area contributed by atoms with Crippen LogP contribution in [0.2, 0.25) is 0 Å². The van der Waals surface area contributed by atoms with Crippen molar-refractivity contribution in [3.63, 3.8) is 0 Å². The number of nitrogens with one attached hydrogen (secondary N) is 1. The topological polar surface area (TPSA) is 150 Å². The molecule has 2 aliphatic rings. The van der Waals surface area contributed by atoms with Crippen LogP contribution in [0.25, 0.3) is 0 Å². The summed E-state index contributed by atoms with van der Waals surface area (Å²) in [5, 5.41) is 23.1. The van der Waals surface area contributed by atoms with Crippen molar-refractivity contribution in [1.29, 1.82) is 0 Å². The molecular weight excluding hydrogens is 424 g/mol. The first kappa shape index (κ1) is 21.9. The van der Waals surface area contributed by atoms with Gasteiger partial charge in [0.25, 0.3) is 0 Å². The van der Waals surface area contributed by atoms with Gasteiger partial charge in [-0.05, 0) is 22.6 Å². The van der Waals surface area contributed by atoms with E-state index in [9.17, 15) is 9.59 Å². The van der Waals surface area contributed by atoms with E-state index in [2.05, 4.69) is 20.8 Å². The Bertz CT molecular complexity index is 967. The zero-order valence-electron chi connectivity index (χ0n) is 17.6. The molecule has 1 aromatic heterocycles. The van der Waals surface area contributed by atoms with Crippen LogP contribution in [0.4, 0.5) is 5.69 Å². The normalized spacial score (nSPS) is 24.2. The van der Waals surface area contributed by atoms with Crippen LogP contribution in [0.15, 0.2) is 24.3 Å². The molecule has 4 rings (SSSR count). The average molecular weight is 448 g/mol. The molecule has 13 nitrogen and oxygen atoms in total. The molecule has 2 aromatic rings. The Hall–Kier alpha value is -3.29. The molecular formula is C19H24N6O7. The lowest BCUT2D eigenvalue weighted by atomic mass is 10.1. The molecule has 32 heavy (non-hydrogen) atoms. The van der Waals surface area contributed by atoms with E-state index in [0.717, 1.165) is 5.69 Å². The quantitative estimate of drug-likeness (QED) is 0.509. The molecule has 172 valence electrons. The number of tetrazole rings is 1. The summed E-state index contributed by atoms with van der Waals surface area (Å²) in [7, 11) is 3.87. The molecule has 0 radical (unpaired) electrons.